The molecule has 1 aromatic carbocycles. The number of aromatic nitrogens is 3. The van der Waals surface area contributed by atoms with E-state index in [0.717, 1.165) is 16.8 Å². The van der Waals surface area contributed by atoms with Gasteiger partial charge in [-0.15, -0.1) is 0 Å². The van der Waals surface area contributed by atoms with Crippen LogP contribution < -0.4 is 14.2 Å². The second-order valence-corrected chi connectivity index (χ2v) is 5.80. The Morgan fingerprint density at radius 2 is 1.76 bits per heavy atom. The third-order valence-electron chi connectivity index (χ3n) is 3.71. The Morgan fingerprint density at radius 3 is 2.38 bits per heavy atom. The number of rotatable bonds is 6. The van der Waals surface area contributed by atoms with Crippen LogP contribution in [-0.2, 0) is 19.8 Å². The highest BCUT2D eigenvalue weighted by molar-refractivity contribution is 5.35. The van der Waals surface area contributed by atoms with Gasteiger partial charge >= 0.3 is 6.18 Å². The summed E-state index contributed by atoms with van der Waals surface area (Å²) in [4.78, 5) is 4.01. The third-order valence-corrected chi connectivity index (χ3v) is 3.71. The van der Waals surface area contributed by atoms with Crippen LogP contribution in [0.4, 0.5) is 22.0 Å². The van der Waals surface area contributed by atoms with Gasteiger partial charge in [-0.05, 0) is 12.1 Å². The van der Waals surface area contributed by atoms with Gasteiger partial charge in [-0.1, -0.05) is 0 Å². The van der Waals surface area contributed by atoms with Crippen molar-refractivity contribution < 1.29 is 36.2 Å². The molecule has 0 N–H and O–H groups in total. The minimum Gasteiger partial charge on any atom is -0.496 e. The molecule has 0 saturated carbocycles. The average Bonchev–Trinajstić information content (AvgIpc) is 3.01. The number of hydrogen-bond acceptors (Lipinski definition) is 5. The molecule has 0 atom stereocenters. The Kier molecular flexibility index (Phi) is 5.57. The fourth-order valence-corrected chi connectivity index (χ4v) is 2.28. The highest BCUT2D eigenvalue weighted by Gasteiger charge is 2.35. The third kappa shape index (κ3) is 4.92. The van der Waals surface area contributed by atoms with Gasteiger partial charge in [0.05, 0.1) is 7.11 Å². The van der Waals surface area contributed by atoms with Crippen molar-refractivity contribution >= 4 is 0 Å². The van der Waals surface area contributed by atoms with E-state index in [1.807, 2.05) is 0 Å². The number of hydrogen-bond donors (Lipinski definition) is 0. The molecular formula is C18H14F5N3O3. The van der Waals surface area contributed by atoms with Crippen molar-refractivity contribution in [2.24, 2.45) is 7.05 Å². The van der Waals surface area contributed by atoms with E-state index in [1.54, 1.807) is 0 Å². The number of aryl methyl sites for hydroxylation is 1. The van der Waals surface area contributed by atoms with Crippen molar-refractivity contribution in [3.63, 3.8) is 0 Å². The number of alkyl halides is 3. The highest BCUT2D eigenvalue weighted by Crippen LogP contribution is 2.33. The molecule has 29 heavy (non-hydrogen) atoms. The van der Waals surface area contributed by atoms with Crippen molar-refractivity contribution in [3.05, 3.63) is 59.3 Å². The molecule has 0 saturated heterocycles. The first-order chi connectivity index (χ1) is 13.7. The first-order valence-corrected chi connectivity index (χ1v) is 8.07. The minimum absolute atomic E-state index is 0.0405. The molecule has 6 nitrogen and oxygen atoms in total. The van der Waals surface area contributed by atoms with E-state index >= 15 is 0 Å². The van der Waals surface area contributed by atoms with Crippen LogP contribution in [0, 0.1) is 11.6 Å². The van der Waals surface area contributed by atoms with E-state index in [-0.39, 0.29) is 35.6 Å². The summed E-state index contributed by atoms with van der Waals surface area (Å²) in [6.45, 7) is -0.268. The molecule has 11 heteroatoms. The number of pyridine rings is 1. The summed E-state index contributed by atoms with van der Waals surface area (Å²) in [7, 11) is 2.63. The fraction of sp³-hybridized carbons (Fsp3) is 0.222. The lowest BCUT2D eigenvalue weighted by Crippen LogP contribution is -2.06. The standard InChI is InChI=1S/C18H14F5N3O3/c1-26-17(8-14(25-26)18(21,22)23)29-16-7-12(27-2)6-15(24-16)28-9-10-3-4-11(19)5-13(10)20/h3-8H,9H2,1-2H3. The summed E-state index contributed by atoms with van der Waals surface area (Å²) >= 11 is 0. The van der Waals surface area contributed by atoms with E-state index in [0.29, 0.717) is 6.07 Å². The summed E-state index contributed by atoms with van der Waals surface area (Å²) in [6, 6.07) is 6.43. The van der Waals surface area contributed by atoms with Gasteiger partial charge in [0, 0.05) is 36.9 Å². The molecule has 3 rings (SSSR count). The normalized spacial score (nSPS) is 11.4. The largest absolute Gasteiger partial charge is 0.496 e. The quantitative estimate of drug-likeness (QED) is 0.556. The summed E-state index contributed by atoms with van der Waals surface area (Å²) in [6.07, 6.45) is -4.63. The van der Waals surface area contributed by atoms with Gasteiger partial charge in [0.15, 0.2) is 5.69 Å². The molecule has 0 unspecified atom stereocenters. The van der Waals surface area contributed by atoms with Crippen LogP contribution >= 0.6 is 0 Å². The average molecular weight is 415 g/mol. The van der Waals surface area contributed by atoms with Crippen molar-refractivity contribution in [1.82, 2.24) is 14.8 Å². The molecule has 0 aliphatic rings. The lowest BCUT2D eigenvalue weighted by molar-refractivity contribution is -0.141. The van der Waals surface area contributed by atoms with Gasteiger partial charge in [0.25, 0.3) is 0 Å². The Morgan fingerprint density at radius 1 is 1.03 bits per heavy atom. The molecule has 0 aliphatic carbocycles. The Bertz CT molecular complexity index is 1020. The fourth-order valence-electron chi connectivity index (χ4n) is 2.28. The molecule has 2 heterocycles. The Labute approximate surface area is 161 Å². The first kappa shape index (κ1) is 20.4. The van der Waals surface area contributed by atoms with E-state index in [9.17, 15) is 22.0 Å². The number of nitrogens with zero attached hydrogens (tertiary/aromatic N) is 3. The zero-order valence-electron chi connectivity index (χ0n) is 15.1. The zero-order valence-corrected chi connectivity index (χ0v) is 15.1. The Balaban J connectivity index is 1.81. The van der Waals surface area contributed by atoms with Crippen molar-refractivity contribution in [2.45, 2.75) is 12.8 Å². The van der Waals surface area contributed by atoms with Crippen LogP contribution in [0.5, 0.6) is 23.4 Å². The van der Waals surface area contributed by atoms with E-state index in [4.69, 9.17) is 14.2 Å². The van der Waals surface area contributed by atoms with Gasteiger partial charge in [-0.2, -0.15) is 23.3 Å². The van der Waals surface area contributed by atoms with Crippen LogP contribution in [0.3, 0.4) is 0 Å². The maximum atomic E-state index is 13.7. The summed E-state index contributed by atoms with van der Waals surface area (Å²) in [5.74, 6) is -1.66. The summed E-state index contributed by atoms with van der Waals surface area (Å²) < 4.78 is 81.8. The first-order valence-electron chi connectivity index (χ1n) is 8.07. The van der Waals surface area contributed by atoms with Gasteiger partial charge in [-0.25, -0.2) is 13.5 Å². The van der Waals surface area contributed by atoms with E-state index in [2.05, 4.69) is 10.1 Å². The van der Waals surface area contributed by atoms with Crippen molar-refractivity contribution in [3.8, 4) is 23.4 Å². The second kappa shape index (κ2) is 7.94. The number of methoxy groups -OCH3 is 1. The molecule has 0 radical (unpaired) electrons. The van der Waals surface area contributed by atoms with E-state index < -0.39 is 23.5 Å². The lowest BCUT2D eigenvalue weighted by Gasteiger charge is -2.11. The van der Waals surface area contributed by atoms with Crippen molar-refractivity contribution in [2.75, 3.05) is 7.11 Å². The monoisotopic (exact) mass is 415 g/mol. The predicted octanol–water partition coefficient (Wildman–Crippen LogP) is 4.49. The minimum atomic E-state index is -4.63. The molecule has 0 fully saturated rings. The molecule has 0 aliphatic heterocycles. The van der Waals surface area contributed by atoms with Crippen LogP contribution in [0.25, 0.3) is 0 Å². The number of ether oxygens (including phenoxy) is 3. The van der Waals surface area contributed by atoms with Gasteiger partial charge in [-0.3, -0.25) is 0 Å². The summed E-state index contributed by atoms with van der Waals surface area (Å²) in [5, 5.41) is 3.34. The molecular weight excluding hydrogens is 401 g/mol. The van der Waals surface area contributed by atoms with Crippen LogP contribution in [0.15, 0.2) is 36.4 Å². The zero-order chi connectivity index (χ0) is 21.2. The van der Waals surface area contributed by atoms with Gasteiger partial charge in [0.1, 0.15) is 24.0 Å². The molecule has 0 spiro atoms. The van der Waals surface area contributed by atoms with E-state index in [1.165, 1.54) is 32.4 Å². The molecule has 0 amide bonds. The Hall–Kier alpha value is -3.37. The molecule has 0 bridgehead atoms. The molecule has 2 aromatic heterocycles. The maximum absolute atomic E-state index is 13.7. The van der Waals surface area contributed by atoms with Crippen molar-refractivity contribution in [1.29, 1.82) is 0 Å². The summed E-state index contributed by atoms with van der Waals surface area (Å²) in [5.41, 5.74) is -1.04. The van der Waals surface area contributed by atoms with Crippen LogP contribution in [0.1, 0.15) is 11.3 Å². The smallest absolute Gasteiger partial charge is 0.435 e. The molecule has 154 valence electrons. The number of benzene rings is 1. The van der Waals surface area contributed by atoms with Crippen LogP contribution in [0.2, 0.25) is 0 Å². The SMILES string of the molecule is COc1cc(OCc2ccc(F)cc2F)nc(Oc2cc(C(F)(F)F)nn2C)c1. The maximum Gasteiger partial charge on any atom is 0.435 e. The topological polar surface area (TPSA) is 58.4 Å². The number of halogens is 5. The predicted molar refractivity (Wildman–Crippen MR) is 89.8 cm³/mol. The lowest BCUT2D eigenvalue weighted by atomic mass is 10.2. The second-order valence-electron chi connectivity index (χ2n) is 5.80. The van der Waals surface area contributed by atoms with Gasteiger partial charge < -0.3 is 14.2 Å². The van der Waals surface area contributed by atoms with Gasteiger partial charge in [0.2, 0.25) is 17.6 Å². The van der Waals surface area contributed by atoms with Crippen LogP contribution in [-0.4, -0.2) is 21.9 Å². The highest BCUT2D eigenvalue weighted by atomic mass is 19.4. The molecule has 3 aromatic rings.